The second-order valence-electron chi connectivity index (χ2n) is 4.82. The monoisotopic (exact) mass is 212 g/mol. The van der Waals surface area contributed by atoms with Crippen LogP contribution in [0.4, 0.5) is 0 Å². The van der Waals surface area contributed by atoms with Gasteiger partial charge in [0.2, 0.25) is 5.91 Å². The Hall–Kier alpha value is -0.570. The molecule has 1 saturated heterocycles. The average Bonchev–Trinajstić information content (AvgIpc) is 2.59. The maximum absolute atomic E-state index is 12.3. The van der Waals surface area contributed by atoms with E-state index in [-0.39, 0.29) is 11.9 Å². The van der Waals surface area contributed by atoms with Gasteiger partial charge in [-0.25, -0.2) is 0 Å². The van der Waals surface area contributed by atoms with Gasteiger partial charge in [0.05, 0.1) is 6.04 Å². The number of nitrogens with one attached hydrogen (secondary N) is 1. The number of amides is 1. The van der Waals surface area contributed by atoms with Gasteiger partial charge in [0.25, 0.3) is 0 Å². The van der Waals surface area contributed by atoms with Crippen LogP contribution in [0.2, 0.25) is 0 Å². The van der Waals surface area contributed by atoms with E-state index in [1.54, 1.807) is 0 Å². The Morgan fingerprint density at radius 1 is 1.53 bits per heavy atom. The average molecular weight is 212 g/mol. The lowest BCUT2D eigenvalue weighted by Gasteiger charge is -2.30. The van der Waals surface area contributed by atoms with Crippen LogP contribution in [-0.2, 0) is 4.79 Å². The van der Waals surface area contributed by atoms with E-state index in [1.807, 2.05) is 4.90 Å². The third-order valence-electron chi connectivity index (χ3n) is 3.17. The van der Waals surface area contributed by atoms with Crippen LogP contribution >= 0.6 is 0 Å². The molecule has 2 atom stereocenters. The number of hydrogen-bond acceptors (Lipinski definition) is 2. The van der Waals surface area contributed by atoms with Gasteiger partial charge in [-0.3, -0.25) is 4.79 Å². The highest BCUT2D eigenvalue weighted by atomic mass is 16.2. The van der Waals surface area contributed by atoms with Crippen LogP contribution in [-0.4, -0.2) is 36.0 Å². The standard InChI is InChI=1S/C12H24N2O/c1-5-8-14(9(2)3)12(15)11-10(4)6-7-13-11/h9-11,13H,5-8H2,1-4H3. The molecule has 1 rings (SSSR count). The number of carbonyl (C=O) groups is 1. The fourth-order valence-electron chi connectivity index (χ4n) is 2.21. The van der Waals surface area contributed by atoms with Crippen molar-refractivity contribution in [1.82, 2.24) is 10.2 Å². The Bertz CT molecular complexity index is 216. The van der Waals surface area contributed by atoms with Crippen LogP contribution in [0.5, 0.6) is 0 Å². The maximum atomic E-state index is 12.3. The van der Waals surface area contributed by atoms with Crippen molar-refractivity contribution in [3.05, 3.63) is 0 Å². The normalized spacial score (nSPS) is 25.9. The molecular weight excluding hydrogens is 188 g/mol. The minimum absolute atomic E-state index is 0.0546. The van der Waals surface area contributed by atoms with Crippen molar-refractivity contribution < 1.29 is 4.79 Å². The first-order valence-corrected chi connectivity index (χ1v) is 6.11. The van der Waals surface area contributed by atoms with E-state index < -0.39 is 0 Å². The molecule has 0 saturated carbocycles. The van der Waals surface area contributed by atoms with Gasteiger partial charge >= 0.3 is 0 Å². The zero-order chi connectivity index (χ0) is 11.4. The van der Waals surface area contributed by atoms with Gasteiger partial charge in [-0.2, -0.15) is 0 Å². The molecule has 0 aromatic heterocycles. The summed E-state index contributed by atoms with van der Waals surface area (Å²) in [5.74, 6) is 0.771. The van der Waals surface area contributed by atoms with Crippen molar-refractivity contribution in [3.8, 4) is 0 Å². The summed E-state index contributed by atoms with van der Waals surface area (Å²) < 4.78 is 0. The molecule has 1 aliphatic rings. The van der Waals surface area contributed by atoms with E-state index >= 15 is 0 Å². The molecule has 15 heavy (non-hydrogen) atoms. The number of nitrogens with zero attached hydrogens (tertiary/aromatic N) is 1. The number of carbonyl (C=O) groups excluding carboxylic acids is 1. The third kappa shape index (κ3) is 2.94. The zero-order valence-corrected chi connectivity index (χ0v) is 10.4. The predicted octanol–water partition coefficient (Wildman–Crippen LogP) is 1.63. The molecular formula is C12H24N2O. The molecule has 0 radical (unpaired) electrons. The first-order chi connectivity index (χ1) is 7.07. The molecule has 3 heteroatoms. The highest BCUT2D eigenvalue weighted by molar-refractivity contribution is 5.82. The molecule has 88 valence electrons. The molecule has 3 nitrogen and oxygen atoms in total. The summed E-state index contributed by atoms with van der Waals surface area (Å²) in [7, 11) is 0. The number of hydrogen-bond donors (Lipinski definition) is 1. The molecule has 0 aromatic carbocycles. The summed E-state index contributed by atoms with van der Waals surface area (Å²) in [5, 5.41) is 3.31. The molecule has 1 fully saturated rings. The van der Waals surface area contributed by atoms with Gasteiger partial charge in [-0.15, -0.1) is 0 Å². The lowest BCUT2D eigenvalue weighted by atomic mass is 10.0. The van der Waals surface area contributed by atoms with Crippen molar-refractivity contribution in [2.24, 2.45) is 5.92 Å². The largest absolute Gasteiger partial charge is 0.339 e. The molecule has 1 amide bonds. The van der Waals surface area contributed by atoms with Crippen LogP contribution < -0.4 is 5.32 Å². The number of rotatable bonds is 4. The lowest BCUT2D eigenvalue weighted by molar-refractivity contribution is -0.135. The van der Waals surface area contributed by atoms with Crippen molar-refractivity contribution in [2.75, 3.05) is 13.1 Å². The summed E-state index contributed by atoms with van der Waals surface area (Å²) in [6.07, 6.45) is 2.15. The van der Waals surface area contributed by atoms with Crippen LogP contribution in [0.1, 0.15) is 40.5 Å². The molecule has 0 aliphatic carbocycles. The van der Waals surface area contributed by atoms with Crippen LogP contribution in [0.15, 0.2) is 0 Å². The smallest absolute Gasteiger partial charge is 0.240 e. The molecule has 1 N–H and O–H groups in total. The fraction of sp³-hybridized carbons (Fsp3) is 0.917. The topological polar surface area (TPSA) is 32.3 Å². The zero-order valence-electron chi connectivity index (χ0n) is 10.4. The molecule has 0 bridgehead atoms. The van der Waals surface area contributed by atoms with Gasteiger partial charge < -0.3 is 10.2 Å². The first kappa shape index (κ1) is 12.5. The van der Waals surface area contributed by atoms with Gasteiger partial charge in [-0.05, 0) is 39.2 Å². The van der Waals surface area contributed by atoms with E-state index in [2.05, 4.69) is 33.0 Å². The third-order valence-corrected chi connectivity index (χ3v) is 3.17. The van der Waals surface area contributed by atoms with Crippen LogP contribution in [0, 0.1) is 5.92 Å². The second-order valence-corrected chi connectivity index (χ2v) is 4.82. The quantitative estimate of drug-likeness (QED) is 0.768. The van der Waals surface area contributed by atoms with E-state index in [0.29, 0.717) is 12.0 Å². The van der Waals surface area contributed by atoms with E-state index in [4.69, 9.17) is 0 Å². The molecule has 1 aliphatic heterocycles. The van der Waals surface area contributed by atoms with Crippen LogP contribution in [0.3, 0.4) is 0 Å². The summed E-state index contributed by atoms with van der Waals surface area (Å²) in [6.45, 7) is 10.3. The van der Waals surface area contributed by atoms with Gasteiger partial charge in [0.1, 0.15) is 0 Å². The minimum Gasteiger partial charge on any atom is -0.339 e. The van der Waals surface area contributed by atoms with E-state index in [0.717, 1.165) is 25.9 Å². The molecule has 0 aromatic rings. The van der Waals surface area contributed by atoms with E-state index in [9.17, 15) is 4.79 Å². The summed E-state index contributed by atoms with van der Waals surface area (Å²) >= 11 is 0. The van der Waals surface area contributed by atoms with E-state index in [1.165, 1.54) is 0 Å². The van der Waals surface area contributed by atoms with Crippen molar-refractivity contribution in [2.45, 2.75) is 52.6 Å². The highest BCUT2D eigenvalue weighted by Crippen LogP contribution is 2.17. The maximum Gasteiger partial charge on any atom is 0.240 e. The predicted molar refractivity (Wildman–Crippen MR) is 62.7 cm³/mol. The van der Waals surface area contributed by atoms with Crippen LogP contribution in [0.25, 0.3) is 0 Å². The van der Waals surface area contributed by atoms with Gasteiger partial charge in [-0.1, -0.05) is 13.8 Å². The Labute approximate surface area is 93.2 Å². The SMILES string of the molecule is CCCN(C(=O)C1NCCC1C)C(C)C. The Kier molecular flexibility index (Phi) is 4.58. The first-order valence-electron chi connectivity index (χ1n) is 6.11. The summed E-state index contributed by atoms with van der Waals surface area (Å²) in [5.41, 5.74) is 0. The molecule has 0 spiro atoms. The lowest BCUT2D eigenvalue weighted by Crippen LogP contribution is -2.48. The Morgan fingerprint density at radius 2 is 2.20 bits per heavy atom. The summed E-state index contributed by atoms with van der Waals surface area (Å²) in [6, 6.07) is 0.367. The van der Waals surface area contributed by atoms with Gasteiger partial charge in [0, 0.05) is 12.6 Å². The van der Waals surface area contributed by atoms with Crippen molar-refractivity contribution in [1.29, 1.82) is 0 Å². The highest BCUT2D eigenvalue weighted by Gasteiger charge is 2.32. The molecule has 1 heterocycles. The fourth-order valence-corrected chi connectivity index (χ4v) is 2.21. The van der Waals surface area contributed by atoms with Crippen molar-refractivity contribution in [3.63, 3.8) is 0 Å². The Balaban J connectivity index is 2.62. The summed E-state index contributed by atoms with van der Waals surface area (Å²) in [4.78, 5) is 14.3. The minimum atomic E-state index is 0.0546. The van der Waals surface area contributed by atoms with Gasteiger partial charge in [0.15, 0.2) is 0 Å². The molecule has 2 unspecified atom stereocenters. The van der Waals surface area contributed by atoms with Crippen molar-refractivity contribution >= 4 is 5.91 Å². The Morgan fingerprint density at radius 3 is 2.60 bits per heavy atom. The second kappa shape index (κ2) is 5.50.